The maximum atomic E-state index is 12.5. The van der Waals surface area contributed by atoms with Gasteiger partial charge in [-0.3, -0.25) is 9.69 Å². The summed E-state index contributed by atoms with van der Waals surface area (Å²) in [5, 5.41) is 12.2. The zero-order chi connectivity index (χ0) is 22.5. The minimum atomic E-state index is -0.0438. The van der Waals surface area contributed by atoms with E-state index in [0.29, 0.717) is 10.9 Å². The molecule has 0 aliphatic heterocycles. The van der Waals surface area contributed by atoms with Gasteiger partial charge in [-0.2, -0.15) is 0 Å². The summed E-state index contributed by atoms with van der Waals surface area (Å²) in [6.45, 7) is 6.37. The van der Waals surface area contributed by atoms with Gasteiger partial charge in [0, 0.05) is 18.1 Å². The summed E-state index contributed by atoms with van der Waals surface area (Å²) in [7, 11) is 0. The number of thioether (sulfide) groups is 1. The Balaban J connectivity index is 1.51. The summed E-state index contributed by atoms with van der Waals surface area (Å²) in [6, 6.07) is 18.3. The van der Waals surface area contributed by atoms with Crippen LogP contribution >= 0.6 is 23.1 Å². The number of hydrogen-bond acceptors (Lipinski definition) is 6. The molecule has 6 nitrogen and oxygen atoms in total. The van der Waals surface area contributed by atoms with E-state index >= 15 is 0 Å². The molecule has 0 aliphatic rings. The second kappa shape index (κ2) is 10.1. The predicted octanol–water partition coefficient (Wildman–Crippen LogP) is 5.63. The topological polar surface area (TPSA) is 63.9 Å². The van der Waals surface area contributed by atoms with Crippen LogP contribution < -0.4 is 4.90 Å². The first-order valence-corrected chi connectivity index (χ1v) is 12.3. The second-order valence-electron chi connectivity index (χ2n) is 7.35. The molecule has 2 heterocycles. The number of benzene rings is 2. The van der Waals surface area contributed by atoms with Gasteiger partial charge in [0.1, 0.15) is 5.82 Å². The van der Waals surface area contributed by atoms with Crippen LogP contribution in [0.2, 0.25) is 0 Å². The van der Waals surface area contributed by atoms with E-state index in [4.69, 9.17) is 4.98 Å². The lowest BCUT2D eigenvalue weighted by molar-refractivity contribution is -0.115. The Labute approximate surface area is 196 Å². The third-order valence-corrected chi connectivity index (χ3v) is 6.97. The van der Waals surface area contributed by atoms with Gasteiger partial charge in [0.05, 0.1) is 17.9 Å². The zero-order valence-electron chi connectivity index (χ0n) is 18.4. The molecule has 2 aromatic carbocycles. The van der Waals surface area contributed by atoms with Gasteiger partial charge in [-0.1, -0.05) is 67.2 Å². The molecule has 0 atom stereocenters. The SMILES string of the molecule is CCc1ccccc1N(C(C)=O)c1nc(CSc2nnc(C)n2Cc2ccccc2)cs1. The van der Waals surface area contributed by atoms with Crippen molar-refractivity contribution in [3.05, 3.63) is 82.6 Å². The van der Waals surface area contributed by atoms with Crippen molar-refractivity contribution in [3.8, 4) is 0 Å². The summed E-state index contributed by atoms with van der Waals surface area (Å²) in [6.07, 6.45) is 0.852. The third kappa shape index (κ3) is 4.92. The van der Waals surface area contributed by atoms with Crippen molar-refractivity contribution < 1.29 is 4.79 Å². The van der Waals surface area contributed by atoms with E-state index < -0.39 is 0 Å². The molecule has 0 radical (unpaired) electrons. The average molecular weight is 464 g/mol. The van der Waals surface area contributed by atoms with Crippen molar-refractivity contribution in [1.82, 2.24) is 19.7 Å². The standard InChI is InChI=1S/C24H25N5OS2/c1-4-20-12-8-9-13-22(20)29(18(3)30)23-25-21(15-31-23)16-32-24-27-26-17(2)28(24)14-19-10-6-5-7-11-19/h5-13,15H,4,14,16H2,1-3H3. The number of amides is 1. The minimum absolute atomic E-state index is 0.0438. The van der Waals surface area contributed by atoms with Crippen LogP contribution in [0.1, 0.15) is 36.5 Å². The van der Waals surface area contributed by atoms with Crippen LogP contribution in [-0.4, -0.2) is 25.7 Å². The summed E-state index contributed by atoms with van der Waals surface area (Å²) in [5.74, 6) is 1.50. The summed E-state index contributed by atoms with van der Waals surface area (Å²) >= 11 is 3.09. The third-order valence-electron chi connectivity index (χ3n) is 5.09. The van der Waals surface area contributed by atoms with Crippen LogP contribution in [-0.2, 0) is 23.5 Å². The fourth-order valence-corrected chi connectivity index (χ4v) is 5.32. The van der Waals surface area contributed by atoms with Gasteiger partial charge in [0.15, 0.2) is 10.3 Å². The first-order chi connectivity index (χ1) is 15.6. The number of nitrogens with zero attached hydrogens (tertiary/aromatic N) is 5. The zero-order valence-corrected chi connectivity index (χ0v) is 20.0. The molecular weight excluding hydrogens is 438 g/mol. The molecule has 0 saturated heterocycles. The smallest absolute Gasteiger partial charge is 0.230 e. The lowest BCUT2D eigenvalue weighted by Crippen LogP contribution is -2.23. The van der Waals surface area contributed by atoms with Gasteiger partial charge in [0.2, 0.25) is 5.91 Å². The summed E-state index contributed by atoms with van der Waals surface area (Å²) < 4.78 is 2.12. The highest BCUT2D eigenvalue weighted by Crippen LogP contribution is 2.33. The van der Waals surface area contributed by atoms with E-state index in [1.165, 1.54) is 16.9 Å². The molecule has 4 aromatic rings. The number of rotatable bonds is 8. The van der Waals surface area contributed by atoms with E-state index in [1.54, 1.807) is 23.6 Å². The molecule has 0 saturated carbocycles. The van der Waals surface area contributed by atoms with Gasteiger partial charge in [-0.25, -0.2) is 4.98 Å². The van der Waals surface area contributed by atoms with Crippen LogP contribution in [0.3, 0.4) is 0 Å². The fraction of sp³-hybridized carbons (Fsp3) is 0.250. The lowest BCUT2D eigenvalue weighted by atomic mass is 10.1. The Bertz CT molecular complexity index is 1200. The van der Waals surface area contributed by atoms with E-state index in [2.05, 4.69) is 39.9 Å². The van der Waals surface area contributed by atoms with Gasteiger partial charge in [-0.05, 0) is 30.5 Å². The minimum Gasteiger partial charge on any atom is -0.302 e. The van der Waals surface area contributed by atoms with E-state index in [1.807, 2.05) is 48.7 Å². The summed E-state index contributed by atoms with van der Waals surface area (Å²) in [4.78, 5) is 19.0. The van der Waals surface area contributed by atoms with Crippen molar-refractivity contribution in [1.29, 1.82) is 0 Å². The maximum absolute atomic E-state index is 12.5. The van der Waals surface area contributed by atoms with Crippen LogP contribution in [0.15, 0.2) is 65.1 Å². The molecule has 0 N–H and O–H groups in total. The Morgan fingerprint density at radius 1 is 1.09 bits per heavy atom. The predicted molar refractivity (Wildman–Crippen MR) is 131 cm³/mol. The molecule has 0 unspecified atom stereocenters. The Morgan fingerprint density at radius 2 is 1.84 bits per heavy atom. The van der Waals surface area contributed by atoms with Crippen molar-refractivity contribution in [3.63, 3.8) is 0 Å². The quantitative estimate of drug-likeness (QED) is 0.317. The first-order valence-electron chi connectivity index (χ1n) is 10.5. The van der Waals surface area contributed by atoms with E-state index in [9.17, 15) is 4.79 Å². The fourth-order valence-electron chi connectivity index (χ4n) is 3.46. The van der Waals surface area contributed by atoms with Crippen LogP contribution in [0.5, 0.6) is 0 Å². The van der Waals surface area contributed by atoms with Gasteiger partial charge in [-0.15, -0.1) is 21.5 Å². The highest BCUT2D eigenvalue weighted by atomic mass is 32.2. The van der Waals surface area contributed by atoms with Crippen molar-refractivity contribution in [2.45, 2.75) is 44.6 Å². The van der Waals surface area contributed by atoms with Gasteiger partial charge in [0.25, 0.3) is 0 Å². The molecule has 4 rings (SSSR count). The number of carbonyl (C=O) groups excluding carboxylic acids is 1. The molecular formula is C24H25N5OS2. The Hall–Kier alpha value is -2.97. The average Bonchev–Trinajstić information content (AvgIpc) is 3.40. The number of para-hydroxylation sites is 1. The molecule has 0 aliphatic carbocycles. The molecule has 32 heavy (non-hydrogen) atoms. The molecule has 0 spiro atoms. The molecule has 0 fully saturated rings. The van der Waals surface area contributed by atoms with Gasteiger partial charge >= 0.3 is 0 Å². The highest BCUT2D eigenvalue weighted by molar-refractivity contribution is 7.98. The number of aromatic nitrogens is 4. The number of carbonyl (C=O) groups is 1. The van der Waals surface area contributed by atoms with Crippen LogP contribution in [0.4, 0.5) is 10.8 Å². The number of anilines is 2. The van der Waals surface area contributed by atoms with E-state index in [-0.39, 0.29) is 5.91 Å². The number of aryl methyl sites for hydroxylation is 2. The van der Waals surface area contributed by atoms with Gasteiger partial charge < -0.3 is 4.57 Å². The Kier molecular flexibility index (Phi) is 7.02. The van der Waals surface area contributed by atoms with Crippen LogP contribution in [0.25, 0.3) is 0 Å². The molecule has 164 valence electrons. The van der Waals surface area contributed by atoms with Crippen molar-refractivity contribution in [2.24, 2.45) is 0 Å². The van der Waals surface area contributed by atoms with E-state index in [0.717, 1.165) is 40.9 Å². The van der Waals surface area contributed by atoms with Crippen molar-refractivity contribution in [2.75, 3.05) is 4.90 Å². The maximum Gasteiger partial charge on any atom is 0.230 e. The molecule has 2 aromatic heterocycles. The van der Waals surface area contributed by atoms with Crippen molar-refractivity contribution >= 4 is 39.8 Å². The lowest BCUT2D eigenvalue weighted by Gasteiger charge is -2.20. The normalized spacial score (nSPS) is 11.0. The monoisotopic (exact) mass is 463 g/mol. The largest absolute Gasteiger partial charge is 0.302 e. The highest BCUT2D eigenvalue weighted by Gasteiger charge is 2.20. The first kappa shape index (κ1) is 22.2. The molecule has 0 bridgehead atoms. The molecule has 8 heteroatoms. The summed E-state index contributed by atoms with van der Waals surface area (Å²) in [5.41, 5.74) is 4.15. The number of thiazole rings is 1. The number of hydrogen-bond donors (Lipinski definition) is 0. The van der Waals surface area contributed by atoms with Crippen LogP contribution in [0, 0.1) is 6.92 Å². The second-order valence-corrected chi connectivity index (χ2v) is 9.13. The Morgan fingerprint density at radius 3 is 2.59 bits per heavy atom. The molecule has 1 amide bonds.